The maximum atomic E-state index is 12.3. The fourth-order valence-electron chi connectivity index (χ4n) is 2.88. The van der Waals surface area contributed by atoms with Crippen LogP contribution in [0.5, 0.6) is 0 Å². The van der Waals surface area contributed by atoms with Crippen molar-refractivity contribution >= 4 is 29.2 Å². The van der Waals surface area contributed by atoms with E-state index in [2.05, 4.69) is 11.1 Å². The molecular weight excluding hydrogens is 364 g/mol. The number of aromatic nitrogens is 1. The van der Waals surface area contributed by atoms with Gasteiger partial charge in [-0.05, 0) is 40.6 Å². The van der Waals surface area contributed by atoms with Gasteiger partial charge in [0.25, 0.3) is 5.89 Å². The van der Waals surface area contributed by atoms with E-state index in [0.29, 0.717) is 37.8 Å². The van der Waals surface area contributed by atoms with Crippen molar-refractivity contribution in [3.63, 3.8) is 0 Å². The number of hydrogen-bond acceptors (Lipinski definition) is 7. The number of hydrogen-bond donors (Lipinski definition) is 0. The monoisotopic (exact) mass is 380 g/mol. The number of oxazole rings is 1. The lowest BCUT2D eigenvalue weighted by Gasteiger charge is -2.33. The van der Waals surface area contributed by atoms with Crippen molar-refractivity contribution in [1.82, 2.24) is 9.88 Å². The summed E-state index contributed by atoms with van der Waals surface area (Å²) in [7, 11) is 0. The van der Waals surface area contributed by atoms with E-state index in [4.69, 9.17) is 8.83 Å². The van der Waals surface area contributed by atoms with E-state index >= 15 is 0 Å². The molecule has 1 fully saturated rings. The quantitative estimate of drug-likeness (QED) is 0.646. The van der Waals surface area contributed by atoms with Crippen molar-refractivity contribution < 1.29 is 13.6 Å². The summed E-state index contributed by atoms with van der Waals surface area (Å²) in [5.74, 6) is 1.16. The first-order valence-electron chi connectivity index (χ1n) is 8.43. The van der Waals surface area contributed by atoms with Crippen LogP contribution in [-0.2, 0) is 4.79 Å². The maximum Gasteiger partial charge on any atom is 0.266 e. The average molecular weight is 380 g/mol. The number of rotatable bonds is 4. The van der Waals surface area contributed by atoms with Crippen molar-refractivity contribution in [3.8, 4) is 17.7 Å². The van der Waals surface area contributed by atoms with E-state index in [1.165, 1.54) is 6.26 Å². The van der Waals surface area contributed by atoms with E-state index in [-0.39, 0.29) is 17.5 Å². The van der Waals surface area contributed by atoms with E-state index < -0.39 is 0 Å². The lowest BCUT2D eigenvalue weighted by atomic mass is 10.2. The molecule has 0 radical (unpaired) electrons. The molecule has 7 nitrogen and oxygen atoms in total. The lowest BCUT2D eigenvalue weighted by molar-refractivity contribution is -0.126. The van der Waals surface area contributed by atoms with Crippen molar-refractivity contribution in [2.45, 2.75) is 0 Å². The Balaban J connectivity index is 1.42. The molecule has 0 saturated carbocycles. The zero-order chi connectivity index (χ0) is 18.6. The minimum Gasteiger partial charge on any atom is -0.459 e. The molecule has 3 aromatic rings. The van der Waals surface area contributed by atoms with E-state index in [1.807, 2.05) is 27.8 Å². The van der Waals surface area contributed by atoms with Crippen LogP contribution >= 0.6 is 11.3 Å². The van der Waals surface area contributed by atoms with Gasteiger partial charge in [0.15, 0.2) is 5.76 Å². The Labute approximate surface area is 159 Å². The van der Waals surface area contributed by atoms with Gasteiger partial charge in [0.1, 0.15) is 6.07 Å². The fraction of sp³-hybridized carbons (Fsp3) is 0.211. The summed E-state index contributed by atoms with van der Waals surface area (Å²) in [6.45, 7) is 2.24. The second kappa shape index (κ2) is 7.51. The van der Waals surface area contributed by atoms with Crippen molar-refractivity contribution in [1.29, 1.82) is 5.26 Å². The fourth-order valence-corrected chi connectivity index (χ4v) is 3.51. The molecule has 1 saturated heterocycles. The van der Waals surface area contributed by atoms with Crippen LogP contribution in [0.25, 0.3) is 17.7 Å². The van der Waals surface area contributed by atoms with Gasteiger partial charge in [-0.25, -0.2) is 0 Å². The third-order valence-corrected chi connectivity index (χ3v) is 4.99. The highest BCUT2D eigenvalue weighted by Gasteiger charge is 2.26. The summed E-state index contributed by atoms with van der Waals surface area (Å²) < 4.78 is 11.0. The van der Waals surface area contributed by atoms with Gasteiger partial charge >= 0.3 is 0 Å². The zero-order valence-corrected chi connectivity index (χ0v) is 15.2. The van der Waals surface area contributed by atoms with Crippen molar-refractivity contribution in [2.75, 3.05) is 31.1 Å². The number of furan rings is 1. The summed E-state index contributed by atoms with van der Waals surface area (Å²) in [6, 6.07) is 7.50. The maximum absolute atomic E-state index is 12.3. The molecule has 3 aromatic heterocycles. The topological polar surface area (TPSA) is 86.5 Å². The molecule has 0 N–H and O–H groups in total. The van der Waals surface area contributed by atoms with Crippen LogP contribution in [0.3, 0.4) is 0 Å². The van der Waals surface area contributed by atoms with Crippen molar-refractivity contribution in [3.05, 3.63) is 52.6 Å². The number of carbonyl (C=O) groups is 1. The van der Waals surface area contributed by atoms with Crippen LogP contribution in [0, 0.1) is 11.3 Å². The molecule has 4 heterocycles. The summed E-state index contributed by atoms with van der Waals surface area (Å²) in [5, 5.41) is 13.3. The summed E-state index contributed by atoms with van der Waals surface area (Å²) >= 11 is 1.60. The van der Waals surface area contributed by atoms with Gasteiger partial charge in [-0.1, -0.05) is 0 Å². The van der Waals surface area contributed by atoms with Crippen LogP contribution in [0.4, 0.5) is 5.88 Å². The number of nitrogens with zero attached hydrogens (tertiary/aromatic N) is 4. The highest BCUT2D eigenvalue weighted by molar-refractivity contribution is 7.08. The molecule has 1 amide bonds. The van der Waals surface area contributed by atoms with Crippen LogP contribution in [0.1, 0.15) is 11.3 Å². The largest absolute Gasteiger partial charge is 0.459 e. The number of piperazine rings is 1. The van der Waals surface area contributed by atoms with Crippen LogP contribution in [0.15, 0.2) is 50.1 Å². The Kier molecular flexibility index (Phi) is 4.77. The van der Waals surface area contributed by atoms with Gasteiger partial charge in [-0.3, -0.25) is 4.79 Å². The first kappa shape index (κ1) is 17.1. The Bertz CT molecular complexity index is 975. The number of amides is 1. The Morgan fingerprint density at radius 1 is 1.30 bits per heavy atom. The molecule has 0 aliphatic carbocycles. The van der Waals surface area contributed by atoms with Gasteiger partial charge in [0.2, 0.25) is 17.5 Å². The molecule has 4 rings (SSSR count). The smallest absolute Gasteiger partial charge is 0.266 e. The normalized spacial score (nSPS) is 14.6. The van der Waals surface area contributed by atoms with Crippen LogP contribution in [-0.4, -0.2) is 42.0 Å². The molecule has 0 aromatic carbocycles. The predicted molar refractivity (Wildman–Crippen MR) is 101 cm³/mol. The summed E-state index contributed by atoms with van der Waals surface area (Å²) in [6.07, 6.45) is 4.95. The predicted octanol–water partition coefficient (Wildman–Crippen LogP) is 3.23. The highest BCUT2D eigenvalue weighted by Crippen LogP contribution is 2.29. The van der Waals surface area contributed by atoms with Crippen LogP contribution < -0.4 is 4.90 Å². The number of carbonyl (C=O) groups excluding carboxylic acids is 1. The first-order chi connectivity index (χ1) is 13.2. The molecule has 1 aliphatic rings. The van der Waals surface area contributed by atoms with E-state index in [1.54, 1.807) is 34.4 Å². The van der Waals surface area contributed by atoms with Gasteiger partial charge < -0.3 is 18.6 Å². The molecule has 0 bridgehead atoms. The molecule has 8 heteroatoms. The minimum absolute atomic E-state index is 0.0183. The Hall–Kier alpha value is -3.31. The summed E-state index contributed by atoms with van der Waals surface area (Å²) in [4.78, 5) is 20.3. The molecule has 136 valence electrons. The Morgan fingerprint density at radius 3 is 2.81 bits per heavy atom. The molecular formula is C19H16N4O3S. The number of anilines is 1. The summed E-state index contributed by atoms with van der Waals surface area (Å²) in [5.41, 5.74) is 1.25. The standard InChI is InChI=1S/C19H16N4O3S/c20-12-15-19(26-18(21-15)16-2-1-10-25-16)23-8-6-22(7-9-23)17(24)4-3-14-5-11-27-13-14/h1-5,10-11,13H,6-9H2/b4-3+. The molecule has 27 heavy (non-hydrogen) atoms. The lowest BCUT2D eigenvalue weighted by Crippen LogP contribution is -2.48. The van der Waals surface area contributed by atoms with Crippen molar-refractivity contribution in [2.24, 2.45) is 0 Å². The van der Waals surface area contributed by atoms with Gasteiger partial charge in [0, 0.05) is 32.3 Å². The second-order valence-electron chi connectivity index (χ2n) is 5.96. The highest BCUT2D eigenvalue weighted by atomic mass is 32.1. The van der Waals surface area contributed by atoms with Gasteiger partial charge in [-0.15, -0.1) is 0 Å². The van der Waals surface area contributed by atoms with E-state index in [9.17, 15) is 10.1 Å². The SMILES string of the molecule is N#Cc1nc(-c2ccco2)oc1N1CCN(C(=O)/C=C/c2ccsc2)CC1. The second-order valence-corrected chi connectivity index (χ2v) is 6.74. The van der Waals surface area contributed by atoms with Crippen LogP contribution in [0.2, 0.25) is 0 Å². The zero-order valence-electron chi connectivity index (χ0n) is 14.4. The van der Waals surface area contributed by atoms with E-state index in [0.717, 1.165) is 5.56 Å². The minimum atomic E-state index is -0.0183. The average Bonchev–Trinajstić information content (AvgIpc) is 3.47. The van der Waals surface area contributed by atoms with Gasteiger partial charge in [0.05, 0.1) is 6.26 Å². The number of thiophene rings is 1. The Morgan fingerprint density at radius 2 is 2.15 bits per heavy atom. The molecule has 0 spiro atoms. The first-order valence-corrected chi connectivity index (χ1v) is 9.38. The molecule has 1 aliphatic heterocycles. The van der Waals surface area contributed by atoms with Gasteiger partial charge in [-0.2, -0.15) is 21.6 Å². The third-order valence-electron chi connectivity index (χ3n) is 4.29. The number of nitriles is 1. The molecule has 0 atom stereocenters. The third kappa shape index (κ3) is 3.64. The molecule has 0 unspecified atom stereocenters.